The van der Waals surface area contributed by atoms with E-state index in [4.69, 9.17) is 4.42 Å². The zero-order valence-electron chi connectivity index (χ0n) is 12.9. The molecule has 0 aliphatic carbocycles. The lowest BCUT2D eigenvalue weighted by molar-refractivity contribution is 0.174. The Morgan fingerprint density at radius 3 is 2.70 bits per heavy atom. The molecule has 2 heterocycles. The number of hydrogen-bond donors (Lipinski definition) is 1. The molecule has 1 N–H and O–H groups in total. The van der Waals surface area contributed by atoms with Crippen molar-refractivity contribution >= 4 is 17.0 Å². The smallest absolute Gasteiger partial charge is 0.257 e. The molecule has 3 aromatic rings. The standard InChI is InChI=1S/C17H19N3O2S/c1-2-14(21)11-20(13-7-4-3-5-8-13)12-16-18-19-17(22-16)15-9-6-10-23-15/h3-10,14,21H,2,11-12H2,1H3/t14-/m0/s1. The van der Waals surface area contributed by atoms with E-state index in [9.17, 15) is 5.11 Å². The zero-order valence-corrected chi connectivity index (χ0v) is 13.7. The molecule has 0 saturated carbocycles. The molecule has 1 atom stereocenters. The van der Waals surface area contributed by atoms with Crippen molar-refractivity contribution in [2.75, 3.05) is 11.4 Å². The minimum Gasteiger partial charge on any atom is -0.418 e. The fourth-order valence-corrected chi connectivity index (χ4v) is 2.91. The quantitative estimate of drug-likeness (QED) is 0.718. The van der Waals surface area contributed by atoms with E-state index in [0.29, 0.717) is 31.3 Å². The summed E-state index contributed by atoms with van der Waals surface area (Å²) in [6.45, 7) is 2.96. The number of thiophene rings is 1. The van der Waals surface area contributed by atoms with Gasteiger partial charge in [-0.15, -0.1) is 21.5 Å². The first-order chi connectivity index (χ1) is 11.3. The summed E-state index contributed by atoms with van der Waals surface area (Å²) in [5.74, 6) is 1.08. The minimum absolute atomic E-state index is 0.394. The Kier molecular flexibility index (Phi) is 5.05. The van der Waals surface area contributed by atoms with Gasteiger partial charge in [-0.1, -0.05) is 31.2 Å². The number of benzene rings is 1. The summed E-state index contributed by atoms with van der Waals surface area (Å²) in [5.41, 5.74) is 1.02. The number of aromatic nitrogens is 2. The highest BCUT2D eigenvalue weighted by Crippen LogP contribution is 2.24. The van der Waals surface area contributed by atoms with Gasteiger partial charge < -0.3 is 14.4 Å². The zero-order chi connectivity index (χ0) is 16.1. The second kappa shape index (κ2) is 7.39. The highest BCUT2D eigenvalue weighted by molar-refractivity contribution is 7.13. The first kappa shape index (κ1) is 15.7. The molecule has 3 rings (SSSR count). The number of aliphatic hydroxyl groups is 1. The summed E-state index contributed by atoms with van der Waals surface area (Å²) in [6, 6.07) is 13.9. The van der Waals surface area contributed by atoms with Crippen molar-refractivity contribution < 1.29 is 9.52 Å². The van der Waals surface area contributed by atoms with Crippen LogP contribution in [0, 0.1) is 0 Å². The molecule has 0 spiro atoms. The van der Waals surface area contributed by atoms with Crippen LogP contribution in [0.5, 0.6) is 0 Å². The molecular formula is C17H19N3O2S. The van der Waals surface area contributed by atoms with Crippen molar-refractivity contribution in [3.8, 4) is 10.8 Å². The van der Waals surface area contributed by atoms with Gasteiger partial charge in [-0.3, -0.25) is 0 Å². The highest BCUT2D eigenvalue weighted by atomic mass is 32.1. The lowest BCUT2D eigenvalue weighted by Gasteiger charge is -2.25. The van der Waals surface area contributed by atoms with E-state index in [2.05, 4.69) is 15.1 Å². The van der Waals surface area contributed by atoms with Crippen LogP contribution in [-0.4, -0.2) is 28.0 Å². The number of anilines is 1. The largest absolute Gasteiger partial charge is 0.418 e. The molecule has 120 valence electrons. The van der Waals surface area contributed by atoms with E-state index in [1.807, 2.05) is 54.8 Å². The van der Waals surface area contributed by atoms with Crippen molar-refractivity contribution in [3.05, 3.63) is 53.7 Å². The van der Waals surface area contributed by atoms with Gasteiger partial charge in [0.25, 0.3) is 5.89 Å². The molecule has 6 heteroatoms. The molecule has 0 radical (unpaired) electrons. The predicted molar refractivity (Wildman–Crippen MR) is 91.4 cm³/mol. The van der Waals surface area contributed by atoms with E-state index < -0.39 is 6.10 Å². The Balaban J connectivity index is 1.78. The Morgan fingerprint density at radius 1 is 1.17 bits per heavy atom. The SMILES string of the molecule is CC[C@H](O)CN(Cc1nnc(-c2cccs2)o1)c1ccccc1. The van der Waals surface area contributed by atoms with Crippen LogP contribution < -0.4 is 4.90 Å². The monoisotopic (exact) mass is 329 g/mol. The molecule has 5 nitrogen and oxygen atoms in total. The Morgan fingerprint density at radius 2 is 2.00 bits per heavy atom. The van der Waals surface area contributed by atoms with Gasteiger partial charge in [0.2, 0.25) is 5.89 Å². The van der Waals surface area contributed by atoms with Crippen LogP contribution >= 0.6 is 11.3 Å². The van der Waals surface area contributed by atoms with Gasteiger partial charge in [-0.05, 0) is 30.0 Å². The lowest BCUT2D eigenvalue weighted by Crippen LogP contribution is -2.31. The third-order valence-electron chi connectivity index (χ3n) is 3.55. The second-order valence-electron chi connectivity index (χ2n) is 5.26. The first-order valence-electron chi connectivity index (χ1n) is 7.60. The van der Waals surface area contributed by atoms with Crippen LogP contribution in [0.4, 0.5) is 5.69 Å². The van der Waals surface area contributed by atoms with Gasteiger partial charge in [0.1, 0.15) is 0 Å². The van der Waals surface area contributed by atoms with Crippen LogP contribution in [-0.2, 0) is 6.54 Å². The summed E-state index contributed by atoms with van der Waals surface area (Å²) in [7, 11) is 0. The summed E-state index contributed by atoms with van der Waals surface area (Å²) >= 11 is 1.57. The van der Waals surface area contributed by atoms with E-state index in [0.717, 1.165) is 10.6 Å². The summed E-state index contributed by atoms with van der Waals surface area (Å²) in [5, 5.41) is 20.2. The predicted octanol–water partition coefficient (Wildman–Crippen LogP) is 3.58. The molecule has 0 unspecified atom stereocenters. The van der Waals surface area contributed by atoms with E-state index in [-0.39, 0.29) is 0 Å². The van der Waals surface area contributed by atoms with Crippen LogP contribution in [0.3, 0.4) is 0 Å². The first-order valence-corrected chi connectivity index (χ1v) is 8.48. The molecule has 0 saturated heterocycles. The van der Waals surface area contributed by atoms with Crippen LogP contribution in [0.15, 0.2) is 52.3 Å². The second-order valence-corrected chi connectivity index (χ2v) is 6.20. The average Bonchev–Trinajstić information content (AvgIpc) is 3.26. The molecule has 23 heavy (non-hydrogen) atoms. The van der Waals surface area contributed by atoms with E-state index in [1.54, 1.807) is 11.3 Å². The fourth-order valence-electron chi connectivity index (χ4n) is 2.26. The maximum absolute atomic E-state index is 10.0. The van der Waals surface area contributed by atoms with Crippen molar-refractivity contribution in [2.45, 2.75) is 26.0 Å². The third kappa shape index (κ3) is 3.97. The molecule has 0 aliphatic heterocycles. The normalized spacial score (nSPS) is 12.3. The van der Waals surface area contributed by atoms with Gasteiger partial charge >= 0.3 is 0 Å². The number of aliphatic hydroxyl groups excluding tert-OH is 1. The summed E-state index contributed by atoms with van der Waals surface area (Å²) in [4.78, 5) is 3.02. The minimum atomic E-state index is -0.394. The number of nitrogens with zero attached hydrogens (tertiary/aromatic N) is 3. The topological polar surface area (TPSA) is 62.4 Å². The Bertz CT molecular complexity index is 713. The van der Waals surface area contributed by atoms with Gasteiger partial charge in [0, 0.05) is 12.2 Å². The number of hydrogen-bond acceptors (Lipinski definition) is 6. The van der Waals surface area contributed by atoms with Gasteiger partial charge in [-0.25, -0.2) is 0 Å². The summed E-state index contributed by atoms with van der Waals surface area (Å²) in [6.07, 6.45) is 0.308. The molecule has 1 aromatic carbocycles. The molecule has 0 bridgehead atoms. The molecular weight excluding hydrogens is 310 g/mol. The van der Waals surface area contributed by atoms with Gasteiger partial charge in [-0.2, -0.15) is 0 Å². The van der Waals surface area contributed by atoms with Crippen molar-refractivity contribution in [3.63, 3.8) is 0 Å². The molecule has 0 fully saturated rings. The van der Waals surface area contributed by atoms with Crippen molar-refractivity contribution in [1.82, 2.24) is 10.2 Å². The highest BCUT2D eigenvalue weighted by Gasteiger charge is 2.16. The van der Waals surface area contributed by atoms with Crippen LogP contribution in [0.1, 0.15) is 19.2 Å². The average molecular weight is 329 g/mol. The molecule has 0 aliphatic rings. The lowest BCUT2D eigenvalue weighted by atomic mass is 10.2. The van der Waals surface area contributed by atoms with Crippen molar-refractivity contribution in [1.29, 1.82) is 0 Å². The van der Waals surface area contributed by atoms with E-state index >= 15 is 0 Å². The number of para-hydroxylation sites is 1. The van der Waals surface area contributed by atoms with E-state index in [1.165, 1.54) is 0 Å². The van der Waals surface area contributed by atoms with Gasteiger partial charge in [0.05, 0.1) is 17.5 Å². The number of rotatable bonds is 7. The van der Waals surface area contributed by atoms with Crippen molar-refractivity contribution in [2.24, 2.45) is 0 Å². The molecule has 2 aromatic heterocycles. The summed E-state index contributed by atoms with van der Waals surface area (Å²) < 4.78 is 5.76. The third-order valence-corrected chi connectivity index (χ3v) is 4.41. The molecule has 0 amide bonds. The fraction of sp³-hybridized carbons (Fsp3) is 0.294. The maximum Gasteiger partial charge on any atom is 0.257 e. The maximum atomic E-state index is 10.0. The van der Waals surface area contributed by atoms with Crippen LogP contribution in [0.25, 0.3) is 10.8 Å². The van der Waals surface area contributed by atoms with Crippen LogP contribution in [0.2, 0.25) is 0 Å². The Hall–Kier alpha value is -2.18. The van der Waals surface area contributed by atoms with Gasteiger partial charge in [0.15, 0.2) is 0 Å². The Labute approximate surface area is 139 Å².